The molecule has 1 unspecified atom stereocenters. The fourth-order valence-electron chi connectivity index (χ4n) is 1.29. The van der Waals surface area contributed by atoms with Crippen LogP contribution in [0.5, 0.6) is 0 Å². The van der Waals surface area contributed by atoms with Crippen molar-refractivity contribution in [2.24, 2.45) is 5.84 Å². The summed E-state index contributed by atoms with van der Waals surface area (Å²) in [5.41, 5.74) is 2.62. The van der Waals surface area contributed by atoms with Crippen LogP contribution in [0.1, 0.15) is 18.3 Å². The van der Waals surface area contributed by atoms with Gasteiger partial charge in [0.2, 0.25) is 0 Å². The molecule has 1 aliphatic rings. The number of ether oxygens (including phenoxy) is 1. The van der Waals surface area contributed by atoms with E-state index in [2.05, 4.69) is 20.6 Å². The zero-order valence-electron chi connectivity index (χ0n) is 7.03. The predicted molar refractivity (Wildman–Crippen MR) is 45.1 cm³/mol. The summed E-state index contributed by atoms with van der Waals surface area (Å²) in [7, 11) is 0. The highest BCUT2D eigenvalue weighted by Crippen LogP contribution is 2.22. The molecule has 0 saturated carbocycles. The third-order valence-electron chi connectivity index (χ3n) is 1.89. The van der Waals surface area contributed by atoms with Crippen molar-refractivity contribution in [3.63, 3.8) is 0 Å². The Morgan fingerprint density at radius 2 is 2.62 bits per heavy atom. The van der Waals surface area contributed by atoms with Crippen LogP contribution in [-0.2, 0) is 4.74 Å². The van der Waals surface area contributed by atoms with E-state index in [0.29, 0.717) is 12.4 Å². The molecule has 2 heterocycles. The van der Waals surface area contributed by atoms with Crippen molar-refractivity contribution in [2.45, 2.75) is 12.5 Å². The summed E-state index contributed by atoms with van der Waals surface area (Å²) in [6, 6.07) is -0.218. The van der Waals surface area contributed by atoms with Gasteiger partial charge in [-0.15, -0.1) is 0 Å². The maximum absolute atomic E-state index is 5.39. The lowest BCUT2D eigenvalue weighted by molar-refractivity contribution is 0.213. The second-order valence-electron chi connectivity index (χ2n) is 2.71. The van der Waals surface area contributed by atoms with Gasteiger partial charge in [0, 0.05) is 6.42 Å². The third kappa shape index (κ3) is 1.53. The number of hydrogen-bond acceptors (Lipinski definition) is 5. The maximum Gasteiger partial charge on any atom is 0.150 e. The fourth-order valence-corrected chi connectivity index (χ4v) is 1.29. The van der Waals surface area contributed by atoms with Crippen LogP contribution < -0.4 is 11.3 Å². The number of aromatic amines is 1. The van der Waals surface area contributed by atoms with Crippen molar-refractivity contribution in [3.05, 3.63) is 24.0 Å². The number of hydrazine groups is 1. The van der Waals surface area contributed by atoms with Crippen molar-refractivity contribution in [1.29, 1.82) is 0 Å². The highest BCUT2D eigenvalue weighted by Gasteiger charge is 2.21. The van der Waals surface area contributed by atoms with E-state index in [4.69, 9.17) is 10.6 Å². The molecular weight excluding hydrogens is 170 g/mol. The number of nitrogens with zero attached hydrogens (tertiary/aromatic N) is 2. The van der Waals surface area contributed by atoms with Crippen LogP contribution in [-0.4, -0.2) is 21.8 Å². The molecule has 1 aromatic heterocycles. The van der Waals surface area contributed by atoms with E-state index in [-0.39, 0.29) is 6.04 Å². The summed E-state index contributed by atoms with van der Waals surface area (Å²) in [6.45, 7) is 0.710. The Bertz CT molecular complexity index is 294. The smallest absolute Gasteiger partial charge is 0.150 e. The van der Waals surface area contributed by atoms with Gasteiger partial charge in [-0.25, -0.2) is 10.4 Å². The molecule has 2 rings (SSSR count). The van der Waals surface area contributed by atoms with Gasteiger partial charge in [-0.1, -0.05) is 0 Å². The molecule has 4 N–H and O–H groups in total. The minimum Gasteiger partial charge on any atom is -0.496 e. The molecule has 0 bridgehead atoms. The van der Waals surface area contributed by atoms with Gasteiger partial charge in [0.25, 0.3) is 0 Å². The first-order valence-electron chi connectivity index (χ1n) is 4.06. The van der Waals surface area contributed by atoms with E-state index < -0.39 is 0 Å². The second-order valence-corrected chi connectivity index (χ2v) is 2.71. The normalized spacial score (nSPS) is 18.1. The molecule has 0 radical (unpaired) electrons. The molecule has 70 valence electrons. The molecule has 1 aromatic rings. The Balaban J connectivity index is 2.18. The van der Waals surface area contributed by atoms with Crippen LogP contribution in [0.4, 0.5) is 0 Å². The van der Waals surface area contributed by atoms with E-state index >= 15 is 0 Å². The number of H-pyrrole nitrogens is 1. The standard InChI is InChI=1S/C7H11N5O/c8-11-6(5-2-1-3-13-5)7-9-4-10-12-7/h2,4,6,11H,1,3,8H2,(H,9,10,12). The van der Waals surface area contributed by atoms with Crippen molar-refractivity contribution in [3.8, 4) is 0 Å². The van der Waals surface area contributed by atoms with Gasteiger partial charge in [0.1, 0.15) is 18.1 Å². The van der Waals surface area contributed by atoms with Crippen LogP contribution in [0.2, 0.25) is 0 Å². The van der Waals surface area contributed by atoms with E-state index in [9.17, 15) is 0 Å². The van der Waals surface area contributed by atoms with Crippen molar-refractivity contribution >= 4 is 0 Å². The van der Waals surface area contributed by atoms with Crippen molar-refractivity contribution < 1.29 is 4.74 Å². The molecule has 0 aromatic carbocycles. The number of nitrogens with one attached hydrogen (secondary N) is 2. The first-order chi connectivity index (χ1) is 6.42. The van der Waals surface area contributed by atoms with Gasteiger partial charge >= 0.3 is 0 Å². The maximum atomic E-state index is 5.39. The molecule has 6 nitrogen and oxygen atoms in total. The average molecular weight is 181 g/mol. The SMILES string of the molecule is NNC(C1=CCCO1)c1ncn[nH]1. The largest absolute Gasteiger partial charge is 0.496 e. The lowest BCUT2D eigenvalue weighted by Crippen LogP contribution is -2.30. The molecular formula is C7H11N5O. The van der Waals surface area contributed by atoms with E-state index in [1.54, 1.807) is 0 Å². The van der Waals surface area contributed by atoms with E-state index in [1.807, 2.05) is 6.08 Å². The van der Waals surface area contributed by atoms with Gasteiger partial charge in [-0.2, -0.15) is 5.10 Å². The highest BCUT2D eigenvalue weighted by molar-refractivity contribution is 5.13. The summed E-state index contributed by atoms with van der Waals surface area (Å²) in [6.07, 6.45) is 4.35. The van der Waals surface area contributed by atoms with Crippen LogP contribution in [0.15, 0.2) is 18.2 Å². The van der Waals surface area contributed by atoms with Crippen LogP contribution >= 0.6 is 0 Å². The topological polar surface area (TPSA) is 88.8 Å². The minimum atomic E-state index is -0.218. The number of hydrogen-bond donors (Lipinski definition) is 3. The van der Waals surface area contributed by atoms with Gasteiger partial charge in [0.15, 0.2) is 5.82 Å². The van der Waals surface area contributed by atoms with Gasteiger partial charge in [0.05, 0.1) is 6.61 Å². The minimum absolute atomic E-state index is 0.218. The number of rotatable bonds is 3. The lowest BCUT2D eigenvalue weighted by atomic mass is 10.2. The van der Waals surface area contributed by atoms with Gasteiger partial charge < -0.3 is 4.74 Å². The summed E-state index contributed by atoms with van der Waals surface area (Å²) in [5.74, 6) is 6.85. The lowest BCUT2D eigenvalue weighted by Gasteiger charge is -2.13. The molecule has 0 aliphatic carbocycles. The van der Waals surface area contributed by atoms with Crippen LogP contribution in [0.3, 0.4) is 0 Å². The van der Waals surface area contributed by atoms with Gasteiger partial charge in [-0.05, 0) is 6.08 Å². The Morgan fingerprint density at radius 3 is 3.15 bits per heavy atom. The van der Waals surface area contributed by atoms with Crippen LogP contribution in [0, 0.1) is 0 Å². The molecule has 1 aliphatic heterocycles. The van der Waals surface area contributed by atoms with Crippen molar-refractivity contribution in [2.75, 3.05) is 6.61 Å². The monoisotopic (exact) mass is 181 g/mol. The summed E-state index contributed by atoms with van der Waals surface area (Å²) < 4.78 is 5.36. The summed E-state index contributed by atoms with van der Waals surface area (Å²) in [5, 5.41) is 6.49. The van der Waals surface area contributed by atoms with Crippen LogP contribution in [0.25, 0.3) is 0 Å². The Morgan fingerprint density at radius 1 is 1.69 bits per heavy atom. The average Bonchev–Trinajstić information content (AvgIpc) is 2.76. The molecule has 6 heteroatoms. The molecule has 0 saturated heterocycles. The van der Waals surface area contributed by atoms with E-state index in [1.165, 1.54) is 6.33 Å². The molecule has 13 heavy (non-hydrogen) atoms. The fraction of sp³-hybridized carbons (Fsp3) is 0.429. The number of nitrogens with two attached hydrogens (primary N) is 1. The predicted octanol–water partition coefficient (Wildman–Crippen LogP) is -0.387. The molecule has 0 spiro atoms. The quantitative estimate of drug-likeness (QED) is 0.436. The Hall–Kier alpha value is -1.40. The van der Waals surface area contributed by atoms with Gasteiger partial charge in [-0.3, -0.25) is 10.9 Å². The molecule has 1 atom stereocenters. The Labute approximate surface area is 75.2 Å². The summed E-state index contributed by atoms with van der Waals surface area (Å²) in [4.78, 5) is 4.00. The first-order valence-corrected chi connectivity index (χ1v) is 4.06. The van der Waals surface area contributed by atoms with E-state index in [0.717, 1.165) is 12.2 Å². The Kier molecular flexibility index (Phi) is 2.24. The third-order valence-corrected chi connectivity index (χ3v) is 1.89. The molecule has 0 fully saturated rings. The summed E-state index contributed by atoms with van der Waals surface area (Å²) >= 11 is 0. The number of aromatic nitrogens is 3. The first kappa shape index (κ1) is 8.21. The highest BCUT2D eigenvalue weighted by atomic mass is 16.5. The van der Waals surface area contributed by atoms with Crippen molar-refractivity contribution in [1.82, 2.24) is 20.6 Å². The molecule has 0 amide bonds. The second kappa shape index (κ2) is 3.55. The zero-order chi connectivity index (χ0) is 9.10. The zero-order valence-corrected chi connectivity index (χ0v) is 7.03.